The Balaban J connectivity index is 1.39. The van der Waals surface area contributed by atoms with Gasteiger partial charge >= 0.3 is 0 Å². The van der Waals surface area contributed by atoms with E-state index >= 15 is 0 Å². The number of anilines is 3. The minimum Gasteiger partial charge on any atom is -0.310 e. The van der Waals surface area contributed by atoms with Gasteiger partial charge in [-0.15, -0.1) is 0 Å². The summed E-state index contributed by atoms with van der Waals surface area (Å²) < 4.78 is 2.30. The Morgan fingerprint density at radius 3 is 1.72 bits per heavy atom. The maximum absolute atomic E-state index is 5.09. The van der Waals surface area contributed by atoms with Crippen molar-refractivity contribution in [1.29, 1.82) is 0 Å². The molecule has 0 atom stereocenters. The highest BCUT2D eigenvalue weighted by molar-refractivity contribution is 5.84. The van der Waals surface area contributed by atoms with E-state index in [0.717, 1.165) is 46.6 Å². The van der Waals surface area contributed by atoms with Crippen molar-refractivity contribution in [3.8, 4) is 17.1 Å². The molecular formula is C43H47N3. The van der Waals surface area contributed by atoms with E-state index in [1.807, 2.05) is 0 Å². The van der Waals surface area contributed by atoms with Gasteiger partial charge in [-0.05, 0) is 91.4 Å². The van der Waals surface area contributed by atoms with Crippen LogP contribution < -0.4 is 4.90 Å². The molecule has 0 amide bonds. The van der Waals surface area contributed by atoms with Crippen LogP contribution in [0.2, 0.25) is 0 Å². The minimum atomic E-state index is 0.949. The molecule has 1 aromatic heterocycles. The second kappa shape index (κ2) is 15.6. The molecule has 0 aliphatic heterocycles. The summed E-state index contributed by atoms with van der Waals surface area (Å²) in [5.41, 5.74) is 10.6. The Bertz CT molecular complexity index is 1740. The van der Waals surface area contributed by atoms with E-state index < -0.39 is 0 Å². The van der Waals surface area contributed by atoms with Crippen LogP contribution >= 0.6 is 0 Å². The zero-order valence-corrected chi connectivity index (χ0v) is 27.5. The zero-order valence-electron chi connectivity index (χ0n) is 27.5. The number of aromatic nitrogens is 2. The lowest BCUT2D eigenvalue weighted by atomic mass is 10.0. The first-order chi connectivity index (χ1) is 22.7. The molecule has 3 nitrogen and oxygen atoms in total. The second-order valence-electron chi connectivity index (χ2n) is 12.4. The lowest BCUT2D eigenvalue weighted by Gasteiger charge is -2.26. The van der Waals surface area contributed by atoms with Crippen LogP contribution in [0.15, 0.2) is 127 Å². The van der Waals surface area contributed by atoms with E-state index in [0.29, 0.717) is 0 Å². The van der Waals surface area contributed by atoms with Crippen molar-refractivity contribution < 1.29 is 0 Å². The maximum atomic E-state index is 5.09. The quantitative estimate of drug-likeness (QED) is 0.109. The molecule has 6 aromatic rings. The second-order valence-corrected chi connectivity index (χ2v) is 12.4. The van der Waals surface area contributed by atoms with Crippen LogP contribution in [-0.4, -0.2) is 9.55 Å². The molecule has 0 bridgehead atoms. The SMILES string of the molecule is CCCCCCc1ccc(N(c2ccc(CCCCCC)cc2)c2cccc(-n3c(-c4ccccc4)nc4ccccc43)c2)cc1. The van der Waals surface area contributed by atoms with Crippen molar-refractivity contribution in [3.05, 3.63) is 139 Å². The molecule has 46 heavy (non-hydrogen) atoms. The van der Waals surface area contributed by atoms with Crippen molar-refractivity contribution in [1.82, 2.24) is 9.55 Å². The number of aryl methyl sites for hydroxylation is 2. The molecule has 0 aliphatic carbocycles. The molecule has 0 unspecified atom stereocenters. The standard InChI is InChI=1S/C43H47N3/c1-3-5-7-10-17-34-25-29-37(30-26-34)45(38-31-27-35(28-32-38)18-11-8-6-4-2)39-21-16-22-40(33-39)46-42-24-15-14-23-41(42)44-43(46)36-19-12-9-13-20-36/h9,12-16,19-33H,3-8,10-11,17-18H2,1-2H3. The number of para-hydroxylation sites is 2. The summed E-state index contributed by atoms with van der Waals surface area (Å²) in [7, 11) is 0. The Morgan fingerprint density at radius 2 is 1.11 bits per heavy atom. The van der Waals surface area contributed by atoms with Gasteiger partial charge in [0.2, 0.25) is 0 Å². The Morgan fingerprint density at radius 1 is 0.522 bits per heavy atom. The average Bonchev–Trinajstić information content (AvgIpc) is 3.50. The summed E-state index contributed by atoms with van der Waals surface area (Å²) in [5.74, 6) is 0.949. The first-order valence-electron chi connectivity index (χ1n) is 17.4. The smallest absolute Gasteiger partial charge is 0.145 e. The maximum Gasteiger partial charge on any atom is 0.145 e. The fraction of sp³-hybridized carbons (Fsp3) is 0.279. The van der Waals surface area contributed by atoms with Crippen molar-refractivity contribution in [2.45, 2.75) is 78.1 Å². The Kier molecular flexibility index (Phi) is 10.6. The molecule has 5 aromatic carbocycles. The van der Waals surface area contributed by atoms with E-state index in [9.17, 15) is 0 Å². The Labute approximate surface area is 275 Å². The fourth-order valence-corrected chi connectivity index (χ4v) is 6.42. The van der Waals surface area contributed by atoms with Gasteiger partial charge in [-0.1, -0.05) is 125 Å². The van der Waals surface area contributed by atoms with Gasteiger partial charge in [-0.3, -0.25) is 4.57 Å². The van der Waals surface area contributed by atoms with Crippen LogP contribution in [0.3, 0.4) is 0 Å². The molecular weight excluding hydrogens is 558 g/mol. The first kappa shape index (κ1) is 31.4. The number of hydrogen-bond donors (Lipinski definition) is 0. The van der Waals surface area contributed by atoms with Gasteiger partial charge in [-0.25, -0.2) is 4.98 Å². The highest BCUT2D eigenvalue weighted by atomic mass is 15.1. The van der Waals surface area contributed by atoms with Crippen LogP contribution in [0, 0.1) is 0 Å². The van der Waals surface area contributed by atoms with Crippen LogP contribution in [0.25, 0.3) is 28.1 Å². The molecule has 0 saturated heterocycles. The summed E-state index contributed by atoms with van der Waals surface area (Å²) in [5, 5.41) is 0. The third-order valence-corrected chi connectivity index (χ3v) is 8.97. The van der Waals surface area contributed by atoms with Gasteiger partial charge in [0.15, 0.2) is 0 Å². The third kappa shape index (κ3) is 7.42. The van der Waals surface area contributed by atoms with Gasteiger partial charge in [0.1, 0.15) is 5.82 Å². The molecule has 0 N–H and O–H groups in total. The summed E-state index contributed by atoms with van der Waals surface area (Å²) >= 11 is 0. The zero-order chi connectivity index (χ0) is 31.6. The van der Waals surface area contributed by atoms with Crippen LogP contribution in [0.5, 0.6) is 0 Å². The molecule has 0 fully saturated rings. The minimum absolute atomic E-state index is 0.949. The number of nitrogens with zero attached hydrogens (tertiary/aromatic N) is 3. The largest absolute Gasteiger partial charge is 0.310 e. The highest BCUT2D eigenvalue weighted by Gasteiger charge is 2.17. The number of unbranched alkanes of at least 4 members (excludes halogenated alkanes) is 6. The molecule has 0 saturated carbocycles. The predicted molar refractivity (Wildman–Crippen MR) is 197 cm³/mol. The fourth-order valence-electron chi connectivity index (χ4n) is 6.42. The Hall–Kier alpha value is -4.63. The molecule has 0 radical (unpaired) electrons. The predicted octanol–water partition coefficient (Wildman–Crippen LogP) is 12.4. The normalized spacial score (nSPS) is 11.3. The van der Waals surface area contributed by atoms with Gasteiger partial charge in [0.25, 0.3) is 0 Å². The van der Waals surface area contributed by atoms with Gasteiger partial charge in [0.05, 0.1) is 11.0 Å². The number of benzene rings is 5. The highest BCUT2D eigenvalue weighted by Crippen LogP contribution is 2.37. The summed E-state index contributed by atoms with van der Waals surface area (Å²) in [6.45, 7) is 4.55. The molecule has 0 spiro atoms. The molecule has 1 heterocycles. The summed E-state index contributed by atoms with van der Waals surface area (Å²) in [6.07, 6.45) is 12.5. The van der Waals surface area contributed by atoms with Gasteiger partial charge in [-0.2, -0.15) is 0 Å². The van der Waals surface area contributed by atoms with Crippen molar-refractivity contribution in [2.24, 2.45) is 0 Å². The monoisotopic (exact) mass is 605 g/mol. The van der Waals surface area contributed by atoms with Crippen molar-refractivity contribution >= 4 is 28.1 Å². The summed E-state index contributed by atoms with van der Waals surface area (Å²) in [4.78, 5) is 7.49. The molecule has 234 valence electrons. The summed E-state index contributed by atoms with van der Waals surface area (Å²) in [6, 6.07) is 46.3. The number of imidazole rings is 1. The lowest BCUT2D eigenvalue weighted by Crippen LogP contribution is -2.11. The molecule has 6 rings (SSSR count). The molecule has 3 heteroatoms. The number of rotatable bonds is 15. The van der Waals surface area contributed by atoms with E-state index in [4.69, 9.17) is 4.98 Å². The average molecular weight is 606 g/mol. The number of hydrogen-bond acceptors (Lipinski definition) is 2. The van der Waals surface area contributed by atoms with E-state index in [-0.39, 0.29) is 0 Å². The third-order valence-electron chi connectivity index (χ3n) is 8.97. The van der Waals surface area contributed by atoms with Crippen molar-refractivity contribution in [2.75, 3.05) is 4.90 Å². The van der Waals surface area contributed by atoms with Crippen LogP contribution in [-0.2, 0) is 12.8 Å². The van der Waals surface area contributed by atoms with Gasteiger partial charge < -0.3 is 4.90 Å². The first-order valence-corrected chi connectivity index (χ1v) is 17.4. The topological polar surface area (TPSA) is 21.1 Å². The van der Waals surface area contributed by atoms with E-state index in [2.05, 4.69) is 151 Å². The number of fused-ring (bicyclic) bond motifs is 1. The van der Waals surface area contributed by atoms with Crippen molar-refractivity contribution in [3.63, 3.8) is 0 Å². The van der Waals surface area contributed by atoms with Crippen LogP contribution in [0.1, 0.15) is 76.3 Å². The van der Waals surface area contributed by atoms with Crippen LogP contribution in [0.4, 0.5) is 17.1 Å². The van der Waals surface area contributed by atoms with Gasteiger partial charge in [0, 0.05) is 28.3 Å². The van der Waals surface area contributed by atoms with E-state index in [1.165, 1.54) is 73.9 Å². The van der Waals surface area contributed by atoms with E-state index in [1.54, 1.807) is 0 Å². The molecule has 0 aliphatic rings. The lowest BCUT2D eigenvalue weighted by molar-refractivity contribution is 0.667.